The van der Waals surface area contributed by atoms with Gasteiger partial charge >= 0.3 is 5.97 Å². The third-order valence-electron chi connectivity index (χ3n) is 9.28. The van der Waals surface area contributed by atoms with Crippen LogP contribution in [0, 0.1) is 23.2 Å². The van der Waals surface area contributed by atoms with Crippen molar-refractivity contribution in [3.8, 4) is 0 Å². The van der Waals surface area contributed by atoms with Crippen LogP contribution < -0.4 is 10.6 Å². The lowest BCUT2D eigenvalue weighted by molar-refractivity contribution is -0.142. The topological polar surface area (TPSA) is 180 Å². The number of rotatable bonds is 16. The van der Waals surface area contributed by atoms with E-state index in [0.717, 1.165) is 22.5 Å². The predicted octanol–water partition coefficient (Wildman–Crippen LogP) is 1.73. The molecule has 2 aliphatic rings. The van der Waals surface area contributed by atoms with Gasteiger partial charge in [-0.05, 0) is 54.6 Å². The summed E-state index contributed by atoms with van der Waals surface area (Å²) in [4.78, 5) is 68.5. The van der Waals surface area contributed by atoms with Gasteiger partial charge in [-0.25, -0.2) is 8.42 Å². The van der Waals surface area contributed by atoms with Crippen molar-refractivity contribution in [1.82, 2.24) is 19.9 Å². The van der Waals surface area contributed by atoms with Crippen LogP contribution in [0.2, 0.25) is 0 Å². The SMILES string of the molecule is CC(C)C(CC(=O)NCCCc1cccnc1)C(=O)NC(CC(=O)O)C(=O)CN(C12CCC(CC1=O)C2(C)C)S(C)(=O)=O. The van der Waals surface area contributed by atoms with Gasteiger partial charge in [0.1, 0.15) is 0 Å². The number of amides is 2. The van der Waals surface area contributed by atoms with E-state index < -0.39 is 63.6 Å². The van der Waals surface area contributed by atoms with E-state index in [-0.39, 0.29) is 42.8 Å². The molecule has 0 saturated heterocycles. The largest absolute Gasteiger partial charge is 0.481 e. The number of aromatic nitrogens is 1. The Hall–Kier alpha value is -3.19. The van der Waals surface area contributed by atoms with Crippen molar-refractivity contribution in [2.24, 2.45) is 23.2 Å². The van der Waals surface area contributed by atoms with Crippen molar-refractivity contribution >= 4 is 39.4 Å². The summed E-state index contributed by atoms with van der Waals surface area (Å²) in [6, 6.07) is 2.22. The summed E-state index contributed by atoms with van der Waals surface area (Å²) in [7, 11) is -4.08. The fourth-order valence-electron chi connectivity index (χ4n) is 6.69. The summed E-state index contributed by atoms with van der Waals surface area (Å²) < 4.78 is 27.0. The van der Waals surface area contributed by atoms with Gasteiger partial charge in [0, 0.05) is 37.7 Å². The second kappa shape index (κ2) is 13.6. The number of pyridine rings is 1. The average Bonchev–Trinajstić information content (AvgIpc) is 3.27. The Balaban J connectivity index is 1.70. The molecule has 2 aliphatic carbocycles. The minimum atomic E-state index is -4.08. The van der Waals surface area contributed by atoms with Gasteiger partial charge in [0.05, 0.1) is 30.8 Å². The maximum absolute atomic E-state index is 13.5. The Morgan fingerprint density at radius 2 is 1.88 bits per heavy atom. The number of nitrogens with one attached hydrogen (secondary N) is 2. The first-order valence-corrected chi connectivity index (χ1v) is 16.6. The summed E-state index contributed by atoms with van der Waals surface area (Å²) in [5.74, 6) is -4.70. The maximum atomic E-state index is 13.5. The zero-order valence-corrected chi connectivity index (χ0v) is 26.4. The molecule has 0 radical (unpaired) electrons. The highest BCUT2D eigenvalue weighted by molar-refractivity contribution is 7.88. The van der Waals surface area contributed by atoms with Crippen molar-refractivity contribution in [2.75, 3.05) is 19.3 Å². The number of carboxylic acids is 1. The Bertz CT molecular complexity index is 1330. The monoisotopic (exact) mass is 620 g/mol. The number of ketones is 2. The van der Waals surface area contributed by atoms with Gasteiger partial charge in [0.15, 0.2) is 11.6 Å². The Morgan fingerprint density at radius 1 is 1.19 bits per heavy atom. The van der Waals surface area contributed by atoms with Crippen LogP contribution in [0.4, 0.5) is 0 Å². The first-order valence-electron chi connectivity index (χ1n) is 14.7. The van der Waals surface area contributed by atoms with Crippen LogP contribution >= 0.6 is 0 Å². The van der Waals surface area contributed by atoms with Crippen LogP contribution in [0.3, 0.4) is 0 Å². The number of carboxylic acid groups (broad SMARTS) is 1. The van der Waals surface area contributed by atoms with Gasteiger partial charge in [0.2, 0.25) is 21.8 Å². The first kappa shape index (κ1) is 34.3. The highest BCUT2D eigenvalue weighted by atomic mass is 32.2. The number of carbonyl (C=O) groups excluding carboxylic acids is 4. The minimum Gasteiger partial charge on any atom is -0.481 e. The summed E-state index contributed by atoms with van der Waals surface area (Å²) in [5.41, 5.74) is -1.09. The Morgan fingerprint density at radius 3 is 2.40 bits per heavy atom. The van der Waals surface area contributed by atoms with E-state index in [2.05, 4.69) is 15.6 Å². The normalized spacial score (nSPS) is 22.4. The Labute approximate surface area is 253 Å². The van der Waals surface area contributed by atoms with Gasteiger partial charge < -0.3 is 15.7 Å². The first-order chi connectivity index (χ1) is 20.0. The maximum Gasteiger partial charge on any atom is 0.305 e. The molecule has 2 fully saturated rings. The number of hydrogen-bond acceptors (Lipinski definition) is 8. The summed E-state index contributed by atoms with van der Waals surface area (Å²) in [6.07, 6.45) is 5.92. The fraction of sp³-hybridized carbons (Fsp3) is 0.667. The molecule has 1 aromatic rings. The number of carbonyl (C=O) groups is 5. The number of sulfonamides is 1. The molecule has 0 aliphatic heterocycles. The molecule has 0 aromatic carbocycles. The molecular formula is C30H44N4O8S. The molecule has 3 rings (SSSR count). The summed E-state index contributed by atoms with van der Waals surface area (Å²) in [5, 5.41) is 14.8. The van der Waals surface area contributed by atoms with Crippen LogP contribution in [0.25, 0.3) is 0 Å². The van der Waals surface area contributed by atoms with E-state index in [9.17, 15) is 37.5 Å². The van der Waals surface area contributed by atoms with Gasteiger partial charge in [-0.2, -0.15) is 4.31 Å². The number of aliphatic carboxylic acids is 1. The van der Waals surface area contributed by atoms with E-state index in [1.54, 1.807) is 26.2 Å². The number of nitrogens with zero attached hydrogens (tertiary/aromatic N) is 2. The molecule has 12 nitrogen and oxygen atoms in total. The number of fused-ring (bicyclic) bond motifs is 2. The highest BCUT2D eigenvalue weighted by Gasteiger charge is 2.68. The number of Topliss-reactive ketones (excluding diaryl/α,β-unsaturated/α-hetero) is 2. The summed E-state index contributed by atoms with van der Waals surface area (Å²) in [6.45, 7) is 6.77. The predicted molar refractivity (Wildman–Crippen MR) is 158 cm³/mol. The third-order valence-corrected chi connectivity index (χ3v) is 10.5. The summed E-state index contributed by atoms with van der Waals surface area (Å²) >= 11 is 0. The zero-order valence-electron chi connectivity index (χ0n) is 25.6. The quantitative estimate of drug-likeness (QED) is 0.232. The molecule has 3 N–H and O–H groups in total. The molecule has 2 amide bonds. The molecule has 1 heterocycles. The van der Waals surface area contributed by atoms with Crippen LogP contribution in [-0.4, -0.2) is 83.1 Å². The molecule has 13 heteroatoms. The van der Waals surface area contributed by atoms with Crippen LogP contribution in [0.1, 0.15) is 71.8 Å². The van der Waals surface area contributed by atoms with Crippen molar-refractivity contribution in [3.05, 3.63) is 30.1 Å². The van der Waals surface area contributed by atoms with Gasteiger partial charge in [-0.3, -0.25) is 29.0 Å². The average molecular weight is 621 g/mol. The molecule has 43 heavy (non-hydrogen) atoms. The van der Waals surface area contributed by atoms with Gasteiger partial charge in [0.25, 0.3) is 0 Å². The third kappa shape index (κ3) is 7.67. The van der Waals surface area contributed by atoms with E-state index in [0.29, 0.717) is 19.4 Å². The van der Waals surface area contributed by atoms with E-state index in [1.165, 1.54) is 0 Å². The van der Waals surface area contributed by atoms with E-state index >= 15 is 0 Å². The second-order valence-electron chi connectivity index (χ2n) is 12.7. The molecule has 4 atom stereocenters. The molecule has 238 valence electrons. The van der Waals surface area contributed by atoms with Crippen LogP contribution in [0.5, 0.6) is 0 Å². The van der Waals surface area contributed by atoms with Crippen molar-refractivity contribution in [2.45, 2.75) is 84.2 Å². The second-order valence-corrected chi connectivity index (χ2v) is 14.6. The van der Waals surface area contributed by atoms with Crippen LogP contribution in [0.15, 0.2) is 24.5 Å². The molecular weight excluding hydrogens is 576 g/mol. The van der Waals surface area contributed by atoms with Gasteiger partial charge in [-0.1, -0.05) is 33.8 Å². The zero-order chi connectivity index (χ0) is 32.2. The highest BCUT2D eigenvalue weighted by Crippen LogP contribution is 2.61. The number of aryl methyl sites for hydroxylation is 1. The molecule has 2 saturated carbocycles. The molecule has 0 spiro atoms. The van der Waals surface area contributed by atoms with Crippen LogP contribution in [-0.2, 0) is 40.4 Å². The molecule has 1 aromatic heterocycles. The lowest BCUT2D eigenvalue weighted by Gasteiger charge is -2.44. The van der Waals surface area contributed by atoms with Crippen molar-refractivity contribution < 1.29 is 37.5 Å². The fourth-order valence-corrected chi connectivity index (χ4v) is 8.05. The van der Waals surface area contributed by atoms with Crippen molar-refractivity contribution in [1.29, 1.82) is 0 Å². The number of hydrogen-bond donors (Lipinski definition) is 3. The lowest BCUT2D eigenvalue weighted by Crippen LogP contribution is -2.62. The standard InChI is InChI=1S/C30H44N4O8S/c1-19(2)22(15-26(37)32-13-7-9-20-8-6-12-31-17-20)28(40)33-23(16-27(38)39)24(35)18-34(43(5,41)42)30-11-10-21(14-25(30)36)29(30,3)4/h6,8,12,17,19,21-23H,7,9-11,13-16,18H2,1-5H3,(H,32,37)(H,33,40)(H,38,39). The van der Waals surface area contributed by atoms with Crippen molar-refractivity contribution in [3.63, 3.8) is 0 Å². The Kier molecular flexibility index (Phi) is 10.9. The minimum absolute atomic E-state index is 0.0258. The van der Waals surface area contributed by atoms with Gasteiger partial charge in [-0.15, -0.1) is 0 Å². The van der Waals surface area contributed by atoms with E-state index in [4.69, 9.17) is 0 Å². The molecule has 4 unspecified atom stereocenters. The smallest absolute Gasteiger partial charge is 0.305 e. The lowest BCUT2D eigenvalue weighted by atomic mass is 9.75. The van der Waals surface area contributed by atoms with E-state index in [1.807, 2.05) is 26.0 Å². The molecule has 2 bridgehead atoms.